The van der Waals surface area contributed by atoms with Crippen LogP contribution >= 0.6 is 0 Å². The first-order valence-corrected chi connectivity index (χ1v) is 6.36. The predicted molar refractivity (Wildman–Crippen MR) is 70.7 cm³/mol. The molecule has 0 radical (unpaired) electrons. The maximum Gasteiger partial charge on any atom is 0.311 e. The van der Waals surface area contributed by atoms with E-state index in [0.717, 1.165) is 25.9 Å². The Labute approximate surface area is 111 Å². The van der Waals surface area contributed by atoms with E-state index >= 15 is 0 Å². The molecule has 1 unspecified atom stereocenters. The van der Waals surface area contributed by atoms with Crippen LogP contribution in [-0.4, -0.2) is 31.7 Å². The molecule has 1 atom stereocenters. The number of nitro groups is 1. The fourth-order valence-electron chi connectivity index (χ4n) is 2.16. The van der Waals surface area contributed by atoms with Crippen LogP contribution in [0.1, 0.15) is 12.8 Å². The summed E-state index contributed by atoms with van der Waals surface area (Å²) in [5.41, 5.74) is -0.0235. The van der Waals surface area contributed by atoms with E-state index in [1.807, 2.05) is 0 Å². The first-order valence-electron chi connectivity index (χ1n) is 6.36. The molecule has 0 amide bonds. The first kappa shape index (κ1) is 13.6. The van der Waals surface area contributed by atoms with Crippen LogP contribution < -0.4 is 14.8 Å². The third-order valence-corrected chi connectivity index (χ3v) is 3.24. The van der Waals surface area contributed by atoms with Gasteiger partial charge in [-0.15, -0.1) is 0 Å². The molecule has 1 fully saturated rings. The maximum atomic E-state index is 10.9. The van der Waals surface area contributed by atoms with Gasteiger partial charge in [0.1, 0.15) is 5.75 Å². The minimum absolute atomic E-state index is 0.0235. The van der Waals surface area contributed by atoms with E-state index in [0.29, 0.717) is 18.3 Å². The van der Waals surface area contributed by atoms with Gasteiger partial charge >= 0.3 is 5.69 Å². The summed E-state index contributed by atoms with van der Waals surface area (Å²) in [5, 5.41) is 14.2. The van der Waals surface area contributed by atoms with Crippen molar-refractivity contribution in [1.29, 1.82) is 0 Å². The highest BCUT2D eigenvalue weighted by molar-refractivity contribution is 5.50. The molecule has 19 heavy (non-hydrogen) atoms. The van der Waals surface area contributed by atoms with Crippen LogP contribution in [0.15, 0.2) is 18.2 Å². The smallest absolute Gasteiger partial charge is 0.311 e. The highest BCUT2D eigenvalue weighted by Crippen LogP contribution is 2.31. The molecule has 0 spiro atoms. The van der Waals surface area contributed by atoms with Crippen molar-refractivity contribution in [2.45, 2.75) is 12.8 Å². The molecule has 0 bridgehead atoms. The number of nitrogens with zero attached hydrogens (tertiary/aromatic N) is 1. The second-order valence-electron chi connectivity index (χ2n) is 4.61. The van der Waals surface area contributed by atoms with Crippen molar-refractivity contribution in [2.75, 3.05) is 26.8 Å². The van der Waals surface area contributed by atoms with Crippen LogP contribution in [0.4, 0.5) is 5.69 Å². The number of rotatable bonds is 5. The second-order valence-corrected chi connectivity index (χ2v) is 4.61. The lowest BCUT2D eigenvalue weighted by Crippen LogP contribution is -2.33. The number of methoxy groups -OCH3 is 1. The zero-order valence-electron chi connectivity index (χ0n) is 10.9. The van der Waals surface area contributed by atoms with Crippen LogP contribution in [0.2, 0.25) is 0 Å². The molecule has 2 rings (SSSR count). The summed E-state index contributed by atoms with van der Waals surface area (Å²) in [6.45, 7) is 2.43. The van der Waals surface area contributed by atoms with E-state index in [4.69, 9.17) is 9.47 Å². The van der Waals surface area contributed by atoms with E-state index in [1.165, 1.54) is 13.2 Å². The molecule has 6 nitrogen and oxygen atoms in total. The quantitative estimate of drug-likeness (QED) is 0.651. The zero-order chi connectivity index (χ0) is 13.7. The van der Waals surface area contributed by atoms with Crippen LogP contribution in [0.5, 0.6) is 11.5 Å². The van der Waals surface area contributed by atoms with Crippen LogP contribution in [-0.2, 0) is 0 Å². The molecule has 1 aliphatic rings. The summed E-state index contributed by atoms with van der Waals surface area (Å²) in [7, 11) is 1.52. The maximum absolute atomic E-state index is 10.9. The number of nitrogens with one attached hydrogen (secondary N) is 1. The van der Waals surface area contributed by atoms with Gasteiger partial charge in [0.15, 0.2) is 0 Å². The fraction of sp³-hybridized carbons (Fsp3) is 0.538. The third-order valence-electron chi connectivity index (χ3n) is 3.24. The van der Waals surface area contributed by atoms with Gasteiger partial charge in [-0.1, -0.05) is 0 Å². The SMILES string of the molecule is COc1ccc([N+](=O)[O-])c(OCC2CCCNC2)c1. The van der Waals surface area contributed by atoms with E-state index in [1.54, 1.807) is 12.1 Å². The Bertz CT molecular complexity index is 444. The molecule has 0 aliphatic carbocycles. The summed E-state index contributed by atoms with van der Waals surface area (Å²) in [6, 6.07) is 4.54. The lowest BCUT2D eigenvalue weighted by Gasteiger charge is -2.22. The molecule has 104 valence electrons. The molecule has 1 aliphatic heterocycles. The van der Waals surface area contributed by atoms with Crippen LogP contribution in [0, 0.1) is 16.0 Å². The molecule has 1 aromatic carbocycles. The molecule has 0 aromatic heterocycles. The average Bonchev–Trinajstić information content (AvgIpc) is 2.45. The summed E-state index contributed by atoms with van der Waals surface area (Å²) in [5.74, 6) is 1.23. The Balaban J connectivity index is 2.06. The lowest BCUT2D eigenvalue weighted by molar-refractivity contribution is -0.385. The number of nitro benzene ring substituents is 1. The van der Waals surface area contributed by atoms with Crippen molar-refractivity contribution in [3.05, 3.63) is 28.3 Å². The first-order chi connectivity index (χ1) is 9.20. The van der Waals surface area contributed by atoms with Gasteiger partial charge in [0.25, 0.3) is 0 Å². The Kier molecular flexibility index (Phi) is 4.57. The summed E-state index contributed by atoms with van der Waals surface area (Å²) >= 11 is 0. The summed E-state index contributed by atoms with van der Waals surface area (Å²) in [4.78, 5) is 10.5. The Hall–Kier alpha value is -1.82. The Morgan fingerprint density at radius 3 is 3.00 bits per heavy atom. The van der Waals surface area contributed by atoms with E-state index in [-0.39, 0.29) is 11.4 Å². The van der Waals surface area contributed by atoms with Crippen LogP contribution in [0.3, 0.4) is 0 Å². The van der Waals surface area contributed by atoms with E-state index in [2.05, 4.69) is 5.32 Å². The number of hydrogen-bond donors (Lipinski definition) is 1. The van der Waals surface area contributed by atoms with Gasteiger partial charge < -0.3 is 14.8 Å². The standard InChI is InChI=1S/C13H18N2O4/c1-18-11-4-5-12(15(16)17)13(7-11)19-9-10-3-2-6-14-8-10/h4-5,7,10,14H,2-3,6,8-9H2,1H3. The van der Waals surface area contributed by atoms with Gasteiger partial charge in [-0.3, -0.25) is 10.1 Å². The molecule has 1 N–H and O–H groups in total. The monoisotopic (exact) mass is 266 g/mol. The number of hydrogen-bond acceptors (Lipinski definition) is 5. The van der Waals surface area contributed by atoms with Gasteiger partial charge in [-0.2, -0.15) is 0 Å². The largest absolute Gasteiger partial charge is 0.497 e. The molecule has 1 aromatic rings. The van der Waals surface area contributed by atoms with E-state index in [9.17, 15) is 10.1 Å². The number of piperidine rings is 1. The minimum atomic E-state index is -0.437. The normalized spacial score (nSPS) is 18.9. The highest BCUT2D eigenvalue weighted by atomic mass is 16.6. The summed E-state index contributed by atoms with van der Waals surface area (Å²) in [6.07, 6.45) is 2.21. The number of ether oxygens (including phenoxy) is 2. The van der Waals surface area contributed by atoms with Crippen molar-refractivity contribution >= 4 is 5.69 Å². The molecule has 0 saturated carbocycles. The molecule has 1 saturated heterocycles. The molecular weight excluding hydrogens is 248 g/mol. The summed E-state index contributed by atoms with van der Waals surface area (Å²) < 4.78 is 10.7. The third kappa shape index (κ3) is 3.57. The van der Waals surface area contributed by atoms with Crippen molar-refractivity contribution in [3.8, 4) is 11.5 Å². The van der Waals surface area contributed by atoms with E-state index < -0.39 is 4.92 Å². The minimum Gasteiger partial charge on any atom is -0.497 e. The highest BCUT2D eigenvalue weighted by Gasteiger charge is 2.19. The van der Waals surface area contributed by atoms with Gasteiger partial charge in [-0.05, 0) is 25.5 Å². The second kappa shape index (κ2) is 6.38. The zero-order valence-corrected chi connectivity index (χ0v) is 10.9. The molecule has 6 heteroatoms. The van der Waals surface area contributed by atoms with Gasteiger partial charge in [-0.25, -0.2) is 0 Å². The van der Waals surface area contributed by atoms with Crippen molar-refractivity contribution in [1.82, 2.24) is 5.32 Å². The average molecular weight is 266 g/mol. The Morgan fingerprint density at radius 1 is 1.53 bits per heavy atom. The fourth-order valence-corrected chi connectivity index (χ4v) is 2.16. The molecule has 1 heterocycles. The van der Waals surface area contributed by atoms with Crippen molar-refractivity contribution in [3.63, 3.8) is 0 Å². The predicted octanol–water partition coefficient (Wildman–Crippen LogP) is 1.98. The van der Waals surface area contributed by atoms with Gasteiger partial charge in [0.05, 0.1) is 18.6 Å². The van der Waals surface area contributed by atoms with Gasteiger partial charge in [0.2, 0.25) is 5.75 Å². The molecular formula is C13H18N2O4. The van der Waals surface area contributed by atoms with Crippen molar-refractivity contribution < 1.29 is 14.4 Å². The lowest BCUT2D eigenvalue weighted by atomic mass is 10.0. The van der Waals surface area contributed by atoms with Crippen LogP contribution in [0.25, 0.3) is 0 Å². The topological polar surface area (TPSA) is 73.6 Å². The van der Waals surface area contributed by atoms with Crippen molar-refractivity contribution in [2.24, 2.45) is 5.92 Å². The Morgan fingerprint density at radius 2 is 2.37 bits per heavy atom. The number of benzene rings is 1. The van der Waals surface area contributed by atoms with Gasteiger partial charge in [0, 0.05) is 24.6 Å².